The van der Waals surface area contributed by atoms with Crippen molar-refractivity contribution in [3.63, 3.8) is 0 Å². The summed E-state index contributed by atoms with van der Waals surface area (Å²) in [5.74, 6) is 1.68. The van der Waals surface area contributed by atoms with Gasteiger partial charge in [0, 0.05) is 29.7 Å². The van der Waals surface area contributed by atoms with Crippen LogP contribution in [-0.2, 0) is 0 Å². The number of hydrogen-bond donors (Lipinski definition) is 2. The number of halogens is 1. The Kier molecular flexibility index (Phi) is 5.85. The molecule has 0 bridgehead atoms. The molecule has 3 aromatic rings. The SMILES string of the molecule is COc1ccc(-c2cc(N3CCCC(NC(=O)c4ccccc4Br)C3)n[nH]2)cc1. The van der Waals surface area contributed by atoms with E-state index in [2.05, 4.69) is 42.4 Å². The number of aromatic amines is 1. The van der Waals surface area contributed by atoms with Crippen molar-refractivity contribution in [1.29, 1.82) is 0 Å². The number of H-pyrrole nitrogens is 1. The fourth-order valence-corrected chi connectivity index (χ4v) is 4.07. The van der Waals surface area contributed by atoms with Crippen LogP contribution in [0.5, 0.6) is 5.75 Å². The summed E-state index contributed by atoms with van der Waals surface area (Å²) in [7, 11) is 1.66. The molecule has 1 saturated heterocycles. The van der Waals surface area contributed by atoms with Gasteiger partial charge in [-0.25, -0.2) is 0 Å². The molecule has 0 spiro atoms. The summed E-state index contributed by atoms with van der Waals surface area (Å²) in [6.45, 7) is 1.66. The molecule has 150 valence electrons. The molecule has 4 rings (SSSR count). The van der Waals surface area contributed by atoms with Crippen molar-refractivity contribution in [1.82, 2.24) is 15.5 Å². The minimum atomic E-state index is -0.0507. The highest BCUT2D eigenvalue weighted by Gasteiger charge is 2.24. The fourth-order valence-electron chi connectivity index (χ4n) is 3.60. The molecular formula is C22H23BrN4O2. The second kappa shape index (κ2) is 8.69. The Morgan fingerprint density at radius 3 is 2.79 bits per heavy atom. The van der Waals surface area contributed by atoms with Crippen LogP contribution in [0.4, 0.5) is 5.82 Å². The van der Waals surface area contributed by atoms with Gasteiger partial charge in [-0.05, 0) is 70.7 Å². The predicted molar refractivity (Wildman–Crippen MR) is 117 cm³/mol. The molecule has 1 aromatic heterocycles. The summed E-state index contributed by atoms with van der Waals surface area (Å²) in [5, 5.41) is 10.8. The number of amides is 1. The van der Waals surface area contributed by atoms with E-state index in [0.29, 0.717) is 5.56 Å². The van der Waals surface area contributed by atoms with Gasteiger partial charge in [0.25, 0.3) is 5.91 Å². The average Bonchev–Trinajstić information content (AvgIpc) is 3.24. The quantitative estimate of drug-likeness (QED) is 0.604. The number of ether oxygens (including phenoxy) is 1. The van der Waals surface area contributed by atoms with E-state index in [4.69, 9.17) is 4.74 Å². The van der Waals surface area contributed by atoms with E-state index in [1.54, 1.807) is 7.11 Å². The normalized spacial score (nSPS) is 16.5. The van der Waals surface area contributed by atoms with Crippen molar-refractivity contribution in [2.24, 2.45) is 0 Å². The highest BCUT2D eigenvalue weighted by Crippen LogP contribution is 2.26. The molecule has 0 aliphatic carbocycles. The molecule has 1 fully saturated rings. The Morgan fingerprint density at radius 1 is 1.24 bits per heavy atom. The fraction of sp³-hybridized carbons (Fsp3) is 0.273. The third-order valence-electron chi connectivity index (χ3n) is 5.16. The molecule has 7 heteroatoms. The van der Waals surface area contributed by atoms with Crippen LogP contribution in [0, 0.1) is 0 Å². The topological polar surface area (TPSA) is 70.2 Å². The number of carbonyl (C=O) groups is 1. The minimum Gasteiger partial charge on any atom is -0.497 e. The first kappa shape index (κ1) is 19.5. The summed E-state index contributed by atoms with van der Waals surface area (Å²) in [4.78, 5) is 14.8. The largest absolute Gasteiger partial charge is 0.497 e. The second-order valence-corrected chi connectivity index (χ2v) is 7.96. The van der Waals surface area contributed by atoms with Crippen LogP contribution < -0.4 is 15.0 Å². The van der Waals surface area contributed by atoms with E-state index in [1.165, 1.54) is 0 Å². The van der Waals surface area contributed by atoms with Crippen molar-refractivity contribution >= 4 is 27.7 Å². The Bertz CT molecular complexity index is 986. The molecular weight excluding hydrogens is 432 g/mol. The summed E-state index contributed by atoms with van der Waals surface area (Å²) in [5.41, 5.74) is 2.67. The Labute approximate surface area is 178 Å². The summed E-state index contributed by atoms with van der Waals surface area (Å²) in [6, 6.07) is 17.5. The van der Waals surface area contributed by atoms with E-state index in [-0.39, 0.29) is 11.9 Å². The maximum atomic E-state index is 12.6. The monoisotopic (exact) mass is 454 g/mol. The van der Waals surface area contributed by atoms with Gasteiger partial charge in [0.1, 0.15) is 5.75 Å². The zero-order valence-electron chi connectivity index (χ0n) is 16.2. The van der Waals surface area contributed by atoms with E-state index in [1.807, 2.05) is 48.5 Å². The van der Waals surface area contributed by atoms with Crippen LogP contribution in [0.1, 0.15) is 23.2 Å². The van der Waals surface area contributed by atoms with Crippen LogP contribution >= 0.6 is 15.9 Å². The molecule has 1 aliphatic rings. The highest BCUT2D eigenvalue weighted by atomic mass is 79.9. The zero-order chi connectivity index (χ0) is 20.2. The molecule has 29 heavy (non-hydrogen) atoms. The van der Waals surface area contributed by atoms with Gasteiger partial charge < -0.3 is 15.0 Å². The molecule has 1 unspecified atom stereocenters. The third-order valence-corrected chi connectivity index (χ3v) is 5.86. The van der Waals surface area contributed by atoms with Crippen molar-refractivity contribution in [3.8, 4) is 17.0 Å². The maximum absolute atomic E-state index is 12.6. The molecule has 2 N–H and O–H groups in total. The summed E-state index contributed by atoms with van der Waals surface area (Å²) in [6.07, 6.45) is 1.97. The Balaban J connectivity index is 1.43. The first-order valence-electron chi connectivity index (χ1n) is 9.64. The van der Waals surface area contributed by atoms with Crippen molar-refractivity contribution < 1.29 is 9.53 Å². The number of nitrogens with one attached hydrogen (secondary N) is 2. The van der Waals surface area contributed by atoms with Crippen LogP contribution in [0.25, 0.3) is 11.3 Å². The van der Waals surface area contributed by atoms with Gasteiger partial charge in [-0.3, -0.25) is 9.89 Å². The predicted octanol–water partition coefficient (Wildman–Crippen LogP) is 4.25. The zero-order valence-corrected chi connectivity index (χ0v) is 17.8. The highest BCUT2D eigenvalue weighted by molar-refractivity contribution is 9.10. The molecule has 0 radical (unpaired) electrons. The third kappa shape index (κ3) is 4.45. The van der Waals surface area contributed by atoms with E-state index in [9.17, 15) is 4.79 Å². The van der Waals surface area contributed by atoms with Crippen LogP contribution in [-0.4, -0.2) is 42.3 Å². The van der Waals surface area contributed by atoms with Crippen molar-refractivity contribution in [3.05, 3.63) is 64.6 Å². The van der Waals surface area contributed by atoms with Gasteiger partial charge in [-0.15, -0.1) is 0 Å². The van der Waals surface area contributed by atoms with Crippen molar-refractivity contribution in [2.75, 3.05) is 25.1 Å². The van der Waals surface area contributed by atoms with Gasteiger partial charge in [0.15, 0.2) is 5.82 Å². The molecule has 1 amide bonds. The van der Waals surface area contributed by atoms with E-state index < -0.39 is 0 Å². The summed E-state index contributed by atoms with van der Waals surface area (Å²) < 4.78 is 6.02. The second-order valence-electron chi connectivity index (χ2n) is 7.11. The van der Waals surface area contributed by atoms with Gasteiger partial charge in [-0.2, -0.15) is 5.10 Å². The standard InChI is InChI=1S/C22H23BrN4O2/c1-29-17-10-8-15(9-11-17)20-13-21(26-25-20)27-12-4-5-16(14-27)24-22(28)18-6-2-3-7-19(18)23/h2-3,6-11,13,16H,4-5,12,14H2,1H3,(H,24,28)(H,25,26). The molecule has 1 atom stereocenters. The lowest BCUT2D eigenvalue weighted by Crippen LogP contribution is -2.48. The lowest BCUT2D eigenvalue weighted by atomic mass is 10.0. The maximum Gasteiger partial charge on any atom is 0.252 e. The summed E-state index contributed by atoms with van der Waals surface area (Å²) >= 11 is 3.45. The lowest BCUT2D eigenvalue weighted by molar-refractivity contribution is 0.0932. The smallest absolute Gasteiger partial charge is 0.252 e. The lowest BCUT2D eigenvalue weighted by Gasteiger charge is -2.33. The molecule has 2 heterocycles. The average molecular weight is 455 g/mol. The molecule has 0 saturated carbocycles. The number of anilines is 1. The van der Waals surface area contributed by atoms with Crippen LogP contribution in [0.15, 0.2) is 59.1 Å². The van der Waals surface area contributed by atoms with Gasteiger partial charge in [0.2, 0.25) is 0 Å². The Morgan fingerprint density at radius 2 is 2.03 bits per heavy atom. The van der Waals surface area contributed by atoms with E-state index in [0.717, 1.165) is 53.2 Å². The number of rotatable bonds is 5. The van der Waals surface area contributed by atoms with E-state index >= 15 is 0 Å². The van der Waals surface area contributed by atoms with Crippen molar-refractivity contribution in [2.45, 2.75) is 18.9 Å². The first-order chi connectivity index (χ1) is 14.1. The molecule has 6 nitrogen and oxygen atoms in total. The molecule has 1 aliphatic heterocycles. The number of benzene rings is 2. The van der Waals surface area contributed by atoms with Crippen LogP contribution in [0.3, 0.4) is 0 Å². The van der Waals surface area contributed by atoms with Crippen LogP contribution in [0.2, 0.25) is 0 Å². The number of methoxy groups -OCH3 is 1. The number of carbonyl (C=O) groups excluding carboxylic acids is 1. The minimum absolute atomic E-state index is 0.0507. The number of piperidine rings is 1. The molecule has 2 aromatic carbocycles. The first-order valence-corrected chi connectivity index (χ1v) is 10.4. The Hall–Kier alpha value is -2.80. The number of aromatic nitrogens is 2. The number of nitrogens with zero attached hydrogens (tertiary/aromatic N) is 2. The van der Waals surface area contributed by atoms with Gasteiger partial charge >= 0.3 is 0 Å². The number of hydrogen-bond acceptors (Lipinski definition) is 4. The van der Waals surface area contributed by atoms with Gasteiger partial charge in [-0.1, -0.05) is 12.1 Å². The van der Waals surface area contributed by atoms with Gasteiger partial charge in [0.05, 0.1) is 18.4 Å².